The third kappa shape index (κ3) is 2.64. The summed E-state index contributed by atoms with van der Waals surface area (Å²) in [5, 5.41) is 21.4. The molecule has 3 rings (SSSR count). The van der Waals surface area contributed by atoms with Crippen molar-refractivity contribution in [3.63, 3.8) is 0 Å². The highest BCUT2D eigenvalue weighted by Crippen LogP contribution is 2.41. The fraction of sp³-hybridized carbons (Fsp3) is 0.188. The Morgan fingerprint density at radius 2 is 2.17 bits per heavy atom. The number of nitrogens with zero attached hydrogens (tertiary/aromatic N) is 1. The van der Waals surface area contributed by atoms with E-state index in [1.54, 1.807) is 24.4 Å². The summed E-state index contributed by atoms with van der Waals surface area (Å²) in [5.41, 5.74) is 1.96. The highest BCUT2D eigenvalue weighted by molar-refractivity contribution is 7.12. The number of halogens is 1. The summed E-state index contributed by atoms with van der Waals surface area (Å²) >= 11 is 7.31. The first-order valence-electron chi connectivity index (χ1n) is 6.80. The molecule has 0 atom stereocenters. The molecule has 0 spiro atoms. The van der Waals surface area contributed by atoms with Gasteiger partial charge in [-0.2, -0.15) is 0 Å². The van der Waals surface area contributed by atoms with Crippen molar-refractivity contribution in [3.8, 4) is 0 Å². The summed E-state index contributed by atoms with van der Waals surface area (Å²) in [6, 6.07) is 3.38. The zero-order chi connectivity index (χ0) is 16.7. The van der Waals surface area contributed by atoms with Crippen LogP contribution in [0.2, 0.25) is 0 Å². The predicted octanol–water partition coefficient (Wildman–Crippen LogP) is 3.84. The van der Waals surface area contributed by atoms with Crippen molar-refractivity contribution in [3.05, 3.63) is 55.6 Å². The monoisotopic (exact) mass is 349 g/mol. The molecule has 0 saturated heterocycles. The van der Waals surface area contributed by atoms with Gasteiger partial charge in [0.2, 0.25) is 5.78 Å². The molecular formula is C16H12ClNO4S. The number of aliphatic hydroxyl groups excluding tert-OH is 1. The van der Waals surface area contributed by atoms with E-state index < -0.39 is 5.97 Å². The molecule has 1 aromatic rings. The summed E-state index contributed by atoms with van der Waals surface area (Å²) in [6.07, 6.45) is -0.0787. The topological polar surface area (TPSA) is 87.0 Å². The molecule has 0 saturated carbocycles. The number of hydrogen-bond donors (Lipinski definition) is 2. The fourth-order valence-corrected chi connectivity index (χ4v) is 3.60. The lowest BCUT2D eigenvalue weighted by Gasteiger charge is -2.19. The van der Waals surface area contributed by atoms with Crippen molar-refractivity contribution >= 4 is 40.4 Å². The lowest BCUT2D eigenvalue weighted by atomic mass is 9.86. The Labute approximate surface area is 140 Å². The van der Waals surface area contributed by atoms with E-state index in [1.165, 1.54) is 11.3 Å². The van der Waals surface area contributed by atoms with Gasteiger partial charge in [0.05, 0.1) is 27.6 Å². The molecule has 118 valence electrons. The highest BCUT2D eigenvalue weighted by atomic mass is 35.5. The lowest BCUT2D eigenvalue weighted by Crippen LogP contribution is -2.19. The SMILES string of the molecule is CC1=C(CC(=O)O)C2=C(C(=O)c3cccs3)C(O)=C(Cl)CC2=N1. The molecule has 1 aliphatic heterocycles. The van der Waals surface area contributed by atoms with Crippen LogP contribution in [0.5, 0.6) is 0 Å². The van der Waals surface area contributed by atoms with E-state index in [9.17, 15) is 14.7 Å². The van der Waals surface area contributed by atoms with E-state index >= 15 is 0 Å². The summed E-state index contributed by atoms with van der Waals surface area (Å²) in [7, 11) is 0. The summed E-state index contributed by atoms with van der Waals surface area (Å²) < 4.78 is 0. The summed E-state index contributed by atoms with van der Waals surface area (Å²) in [4.78, 5) is 28.7. The van der Waals surface area contributed by atoms with E-state index in [0.29, 0.717) is 27.4 Å². The quantitative estimate of drug-likeness (QED) is 0.808. The standard InChI is InChI=1S/C16H12ClNO4S/c1-7-8(5-12(19)20)13-10(18-7)6-9(17)15(21)14(13)16(22)11-3-2-4-23-11/h2-4,21H,5-6H2,1H3,(H,19,20). The highest BCUT2D eigenvalue weighted by Gasteiger charge is 2.36. The van der Waals surface area contributed by atoms with Crippen LogP contribution in [0, 0.1) is 0 Å². The number of carboxylic acid groups (broad SMARTS) is 1. The molecule has 5 nitrogen and oxygen atoms in total. The molecule has 0 radical (unpaired) electrons. The van der Waals surface area contributed by atoms with E-state index in [0.717, 1.165) is 0 Å². The summed E-state index contributed by atoms with van der Waals surface area (Å²) in [5.74, 6) is -1.70. The van der Waals surface area contributed by atoms with Crippen LogP contribution in [0.1, 0.15) is 29.4 Å². The number of allylic oxidation sites excluding steroid dienone is 4. The average molecular weight is 350 g/mol. The molecule has 0 bridgehead atoms. The third-order valence-electron chi connectivity index (χ3n) is 3.70. The first-order valence-corrected chi connectivity index (χ1v) is 8.06. The molecule has 0 aromatic carbocycles. The van der Waals surface area contributed by atoms with Crippen molar-refractivity contribution in [2.75, 3.05) is 0 Å². The molecule has 7 heteroatoms. The van der Waals surface area contributed by atoms with E-state index in [4.69, 9.17) is 16.7 Å². The Morgan fingerprint density at radius 1 is 1.43 bits per heavy atom. The van der Waals surface area contributed by atoms with Crippen LogP contribution in [0.25, 0.3) is 0 Å². The molecule has 0 unspecified atom stereocenters. The zero-order valence-electron chi connectivity index (χ0n) is 12.1. The minimum atomic E-state index is -1.02. The van der Waals surface area contributed by atoms with Crippen LogP contribution in [-0.4, -0.2) is 27.7 Å². The van der Waals surface area contributed by atoms with Crippen LogP contribution in [0.4, 0.5) is 0 Å². The van der Waals surface area contributed by atoms with Gasteiger partial charge in [-0.25, -0.2) is 0 Å². The molecule has 1 aromatic heterocycles. The number of hydrogen-bond acceptors (Lipinski definition) is 5. The second-order valence-corrected chi connectivity index (χ2v) is 6.58. The van der Waals surface area contributed by atoms with E-state index in [2.05, 4.69) is 4.99 Å². The Balaban J connectivity index is 2.21. The number of carbonyl (C=O) groups excluding carboxylic acids is 1. The Bertz CT molecular complexity index is 843. The number of rotatable bonds is 4. The number of aliphatic hydroxyl groups is 1. The average Bonchev–Trinajstić information content (AvgIpc) is 3.10. The molecule has 1 aliphatic carbocycles. The van der Waals surface area contributed by atoms with Crippen LogP contribution >= 0.6 is 22.9 Å². The van der Waals surface area contributed by atoms with Crippen molar-refractivity contribution < 1.29 is 19.8 Å². The molecule has 2 N–H and O–H groups in total. The second kappa shape index (κ2) is 5.79. The number of aliphatic imine (C=N–C) groups is 1. The summed E-state index contributed by atoms with van der Waals surface area (Å²) in [6.45, 7) is 1.69. The maximum atomic E-state index is 12.8. The molecule has 0 amide bonds. The van der Waals surface area contributed by atoms with Crippen LogP contribution in [-0.2, 0) is 4.79 Å². The Hall–Kier alpha value is -2.18. The van der Waals surface area contributed by atoms with Gasteiger partial charge in [0.25, 0.3) is 0 Å². The fourth-order valence-electron chi connectivity index (χ4n) is 2.71. The van der Waals surface area contributed by atoms with Crippen molar-refractivity contribution in [1.82, 2.24) is 0 Å². The molecule has 2 heterocycles. The van der Waals surface area contributed by atoms with Gasteiger partial charge in [0, 0.05) is 17.7 Å². The van der Waals surface area contributed by atoms with Crippen LogP contribution in [0.3, 0.4) is 0 Å². The lowest BCUT2D eigenvalue weighted by molar-refractivity contribution is -0.136. The first-order chi connectivity index (χ1) is 10.9. The van der Waals surface area contributed by atoms with E-state index in [1.807, 2.05) is 0 Å². The number of fused-ring (bicyclic) bond motifs is 1. The van der Waals surface area contributed by atoms with Gasteiger partial charge in [-0.05, 0) is 23.9 Å². The Kier molecular flexibility index (Phi) is 3.95. The minimum Gasteiger partial charge on any atom is -0.506 e. The molecule has 2 aliphatic rings. The smallest absolute Gasteiger partial charge is 0.307 e. The number of thiophene rings is 1. The van der Waals surface area contributed by atoms with Crippen molar-refractivity contribution in [2.45, 2.75) is 19.8 Å². The van der Waals surface area contributed by atoms with Gasteiger partial charge in [-0.1, -0.05) is 17.7 Å². The predicted molar refractivity (Wildman–Crippen MR) is 88.2 cm³/mol. The normalized spacial score (nSPS) is 17.6. The van der Waals surface area contributed by atoms with Gasteiger partial charge in [0.1, 0.15) is 5.76 Å². The largest absolute Gasteiger partial charge is 0.506 e. The maximum absolute atomic E-state index is 12.8. The van der Waals surface area contributed by atoms with E-state index in [-0.39, 0.29) is 35.0 Å². The Morgan fingerprint density at radius 3 is 2.78 bits per heavy atom. The van der Waals surface area contributed by atoms with Crippen LogP contribution < -0.4 is 0 Å². The van der Waals surface area contributed by atoms with Gasteiger partial charge in [-0.3, -0.25) is 14.6 Å². The number of ketones is 1. The van der Waals surface area contributed by atoms with Crippen molar-refractivity contribution in [1.29, 1.82) is 0 Å². The number of aliphatic carboxylic acids is 1. The second-order valence-electron chi connectivity index (χ2n) is 5.18. The minimum absolute atomic E-state index is 0.0375. The zero-order valence-corrected chi connectivity index (χ0v) is 13.7. The third-order valence-corrected chi connectivity index (χ3v) is 4.88. The maximum Gasteiger partial charge on any atom is 0.307 e. The number of carboxylic acids is 1. The molecular weight excluding hydrogens is 338 g/mol. The molecule has 0 fully saturated rings. The number of Topliss-reactive ketones (excluding diaryl/α,β-unsaturated/α-hetero) is 1. The first kappa shape index (κ1) is 15.7. The van der Waals surface area contributed by atoms with Crippen molar-refractivity contribution in [2.24, 2.45) is 4.99 Å². The van der Waals surface area contributed by atoms with Crippen LogP contribution in [0.15, 0.2) is 55.7 Å². The van der Waals surface area contributed by atoms with Gasteiger partial charge in [0.15, 0.2) is 0 Å². The molecule has 23 heavy (non-hydrogen) atoms. The van der Waals surface area contributed by atoms with Gasteiger partial charge in [-0.15, -0.1) is 11.3 Å². The number of carbonyl (C=O) groups is 2. The van der Waals surface area contributed by atoms with Gasteiger partial charge < -0.3 is 10.2 Å². The van der Waals surface area contributed by atoms with Gasteiger partial charge >= 0.3 is 5.97 Å².